The lowest BCUT2D eigenvalue weighted by Crippen LogP contribution is -2.20. The molecular formula is C19H19N3O6S. The summed E-state index contributed by atoms with van der Waals surface area (Å²) in [6.45, 7) is 1.55. The zero-order chi connectivity index (χ0) is 21.2. The monoisotopic (exact) mass is 417 g/mol. The van der Waals surface area contributed by atoms with E-state index in [1.807, 2.05) is 0 Å². The van der Waals surface area contributed by atoms with Gasteiger partial charge >= 0.3 is 5.97 Å². The summed E-state index contributed by atoms with van der Waals surface area (Å²) in [4.78, 5) is 28.8. The van der Waals surface area contributed by atoms with E-state index in [4.69, 9.17) is 9.47 Å². The maximum atomic E-state index is 12.4. The van der Waals surface area contributed by atoms with E-state index in [2.05, 4.69) is 9.71 Å². The van der Waals surface area contributed by atoms with E-state index in [0.717, 1.165) is 5.69 Å². The molecule has 0 bridgehead atoms. The molecule has 0 amide bonds. The summed E-state index contributed by atoms with van der Waals surface area (Å²) >= 11 is 0. The first-order chi connectivity index (χ1) is 13.8. The predicted molar refractivity (Wildman–Crippen MR) is 105 cm³/mol. The number of aryl methyl sites for hydroxylation is 1. The van der Waals surface area contributed by atoms with Crippen LogP contribution in [0, 0.1) is 6.92 Å². The van der Waals surface area contributed by atoms with Crippen LogP contribution in [0.15, 0.2) is 52.2 Å². The number of carbonyl (C=O) groups is 1. The number of nitrogens with one attached hydrogen (secondary N) is 1. The Morgan fingerprint density at radius 3 is 2.66 bits per heavy atom. The number of hydrogen-bond acceptors (Lipinski definition) is 7. The minimum atomic E-state index is -3.84. The molecule has 0 atom stereocenters. The van der Waals surface area contributed by atoms with Gasteiger partial charge in [-0.15, -0.1) is 0 Å². The number of fused-ring (bicyclic) bond motifs is 1. The van der Waals surface area contributed by atoms with Crippen LogP contribution in [0.1, 0.15) is 21.7 Å². The summed E-state index contributed by atoms with van der Waals surface area (Å²) < 4.78 is 38.2. The molecule has 3 aromatic rings. The lowest BCUT2D eigenvalue weighted by molar-refractivity contribution is 0.0467. The number of aromatic nitrogens is 2. The van der Waals surface area contributed by atoms with Crippen molar-refractivity contribution < 1.29 is 22.7 Å². The van der Waals surface area contributed by atoms with Crippen molar-refractivity contribution in [3.8, 4) is 5.75 Å². The maximum absolute atomic E-state index is 12.4. The minimum Gasteiger partial charge on any atom is -0.495 e. The summed E-state index contributed by atoms with van der Waals surface area (Å²) in [5, 5.41) is 0. The van der Waals surface area contributed by atoms with Crippen LogP contribution in [0.4, 0.5) is 0 Å². The second-order valence-electron chi connectivity index (χ2n) is 6.10. The van der Waals surface area contributed by atoms with Crippen LogP contribution in [-0.2, 0) is 21.4 Å². The summed E-state index contributed by atoms with van der Waals surface area (Å²) in [7, 11) is -1.25. The summed E-state index contributed by atoms with van der Waals surface area (Å²) in [6, 6.07) is 10.5. The smallest absolute Gasteiger partial charge is 0.338 e. The third kappa shape index (κ3) is 4.13. The van der Waals surface area contributed by atoms with Crippen LogP contribution in [-0.4, -0.2) is 37.9 Å². The zero-order valence-corrected chi connectivity index (χ0v) is 16.8. The van der Waals surface area contributed by atoms with Crippen LogP contribution in [0.25, 0.3) is 5.65 Å². The van der Waals surface area contributed by atoms with Crippen molar-refractivity contribution in [1.29, 1.82) is 0 Å². The predicted octanol–water partition coefficient (Wildman–Crippen LogP) is 1.28. The highest BCUT2D eigenvalue weighted by Gasteiger charge is 2.21. The van der Waals surface area contributed by atoms with Crippen molar-refractivity contribution in [1.82, 2.24) is 14.1 Å². The highest BCUT2D eigenvalue weighted by Crippen LogP contribution is 2.25. The molecule has 2 aromatic heterocycles. The molecule has 0 aliphatic rings. The van der Waals surface area contributed by atoms with Gasteiger partial charge in [0.25, 0.3) is 5.56 Å². The normalized spacial score (nSPS) is 11.4. The fourth-order valence-electron chi connectivity index (χ4n) is 2.78. The minimum absolute atomic E-state index is 0.0213. The number of carbonyl (C=O) groups excluding carboxylic acids is 1. The summed E-state index contributed by atoms with van der Waals surface area (Å²) in [5.74, 6) is -0.665. The molecule has 152 valence electrons. The third-order valence-corrected chi connectivity index (χ3v) is 5.68. The number of nitrogens with zero attached hydrogens (tertiary/aromatic N) is 2. The van der Waals surface area contributed by atoms with Gasteiger partial charge in [-0.25, -0.2) is 22.9 Å². The Labute approximate surface area is 167 Å². The largest absolute Gasteiger partial charge is 0.495 e. The van der Waals surface area contributed by atoms with E-state index in [-0.39, 0.29) is 34.1 Å². The number of rotatable bonds is 6. The molecule has 0 radical (unpaired) electrons. The number of ether oxygens (including phenoxy) is 2. The van der Waals surface area contributed by atoms with Crippen LogP contribution in [0.2, 0.25) is 0 Å². The molecule has 0 spiro atoms. The molecule has 9 nitrogen and oxygen atoms in total. The van der Waals surface area contributed by atoms with Crippen molar-refractivity contribution in [3.05, 3.63) is 69.8 Å². The first-order valence-electron chi connectivity index (χ1n) is 8.54. The Balaban J connectivity index is 1.86. The van der Waals surface area contributed by atoms with Crippen molar-refractivity contribution in [3.63, 3.8) is 0 Å². The molecule has 0 saturated heterocycles. The van der Waals surface area contributed by atoms with Crippen LogP contribution in [0.3, 0.4) is 0 Å². The molecule has 0 unspecified atom stereocenters. The van der Waals surface area contributed by atoms with E-state index in [9.17, 15) is 18.0 Å². The quantitative estimate of drug-likeness (QED) is 0.601. The summed E-state index contributed by atoms with van der Waals surface area (Å²) in [6.07, 6.45) is 0. The molecule has 1 aromatic carbocycles. The van der Waals surface area contributed by atoms with Crippen LogP contribution >= 0.6 is 0 Å². The van der Waals surface area contributed by atoms with Crippen LogP contribution < -0.4 is 15.0 Å². The highest BCUT2D eigenvalue weighted by atomic mass is 32.2. The molecule has 29 heavy (non-hydrogen) atoms. The number of methoxy groups -OCH3 is 1. The van der Waals surface area contributed by atoms with Gasteiger partial charge in [0.2, 0.25) is 10.0 Å². The fraction of sp³-hybridized carbons (Fsp3) is 0.211. The fourth-order valence-corrected chi connectivity index (χ4v) is 3.70. The number of pyridine rings is 1. The molecule has 0 aliphatic heterocycles. The van der Waals surface area contributed by atoms with Gasteiger partial charge in [0.05, 0.1) is 18.4 Å². The average molecular weight is 417 g/mol. The molecule has 1 N–H and O–H groups in total. The lowest BCUT2D eigenvalue weighted by atomic mass is 10.2. The van der Waals surface area contributed by atoms with Crippen LogP contribution in [0.5, 0.6) is 5.75 Å². The van der Waals surface area contributed by atoms with E-state index in [1.54, 1.807) is 25.1 Å². The Bertz CT molecular complexity index is 1250. The topological polar surface area (TPSA) is 116 Å². The number of esters is 1. The Kier molecular flexibility index (Phi) is 5.66. The molecule has 0 saturated carbocycles. The number of hydrogen-bond donors (Lipinski definition) is 1. The van der Waals surface area contributed by atoms with Crippen molar-refractivity contribution in [2.24, 2.45) is 0 Å². The molecule has 10 heteroatoms. The molecule has 2 heterocycles. The SMILES string of the molecule is CNS(=O)(=O)c1cc(C(=O)OCc2cc(=O)n3c(C)cccc3n2)ccc1OC. The number of sulfonamides is 1. The molecular weight excluding hydrogens is 398 g/mol. The first-order valence-corrected chi connectivity index (χ1v) is 10.0. The van der Waals surface area contributed by atoms with Gasteiger partial charge in [0.1, 0.15) is 22.9 Å². The highest BCUT2D eigenvalue weighted by molar-refractivity contribution is 7.89. The van der Waals surface area contributed by atoms with Crippen molar-refractivity contribution >= 4 is 21.6 Å². The van der Waals surface area contributed by atoms with Gasteiger partial charge in [0, 0.05) is 11.8 Å². The molecule has 0 fully saturated rings. The van der Waals surface area contributed by atoms with E-state index >= 15 is 0 Å². The number of benzene rings is 1. The Morgan fingerprint density at radius 2 is 1.97 bits per heavy atom. The van der Waals surface area contributed by atoms with Gasteiger partial charge in [-0.2, -0.15) is 0 Å². The Hall–Kier alpha value is -3.24. The summed E-state index contributed by atoms with van der Waals surface area (Å²) in [5.41, 5.74) is 1.19. The van der Waals surface area contributed by atoms with Crippen molar-refractivity contribution in [2.45, 2.75) is 18.4 Å². The van der Waals surface area contributed by atoms with Crippen molar-refractivity contribution in [2.75, 3.05) is 14.2 Å². The third-order valence-electron chi connectivity index (χ3n) is 4.24. The average Bonchev–Trinajstić information content (AvgIpc) is 2.71. The molecule has 3 rings (SSSR count). The van der Waals surface area contributed by atoms with E-state index < -0.39 is 16.0 Å². The van der Waals surface area contributed by atoms with E-state index in [0.29, 0.717) is 5.65 Å². The van der Waals surface area contributed by atoms with Gasteiger partial charge in [-0.3, -0.25) is 9.20 Å². The first kappa shape index (κ1) is 20.5. The second-order valence-corrected chi connectivity index (χ2v) is 7.95. The zero-order valence-electron chi connectivity index (χ0n) is 16.0. The van der Waals surface area contributed by atoms with Gasteiger partial charge in [0.15, 0.2) is 0 Å². The maximum Gasteiger partial charge on any atom is 0.338 e. The Morgan fingerprint density at radius 1 is 1.21 bits per heavy atom. The van der Waals surface area contributed by atoms with Gasteiger partial charge in [-0.05, 0) is 44.3 Å². The van der Waals surface area contributed by atoms with E-state index in [1.165, 1.54) is 42.8 Å². The second kappa shape index (κ2) is 8.02. The molecule has 0 aliphatic carbocycles. The standard InChI is InChI=1S/C19H19N3O6S/c1-12-5-4-6-17-21-14(10-18(23)22(12)17)11-28-19(24)13-7-8-15(27-3)16(9-13)29(25,26)20-2/h4-10,20H,11H2,1-3H3. The van der Waals surface area contributed by atoms with Gasteiger partial charge < -0.3 is 9.47 Å². The lowest BCUT2D eigenvalue weighted by Gasteiger charge is -2.11. The van der Waals surface area contributed by atoms with Gasteiger partial charge in [-0.1, -0.05) is 6.07 Å².